The van der Waals surface area contributed by atoms with Crippen LogP contribution in [-0.4, -0.2) is 11.9 Å². The first kappa shape index (κ1) is 18.3. The average molecular weight is 368 g/mol. The van der Waals surface area contributed by atoms with E-state index in [9.17, 15) is 10.1 Å². The number of carbonyl (C=O) groups is 1. The quantitative estimate of drug-likeness (QED) is 0.368. The van der Waals surface area contributed by atoms with Crippen LogP contribution in [0, 0.1) is 18.3 Å². The fourth-order valence-electron chi connectivity index (χ4n) is 4.34. The number of nitriles is 1. The minimum atomic E-state index is -0.261. The molecule has 0 saturated heterocycles. The Morgan fingerprint density at radius 1 is 0.964 bits per heavy atom. The number of hydrogen-bond donors (Lipinski definition) is 1. The van der Waals surface area contributed by atoms with E-state index in [0.29, 0.717) is 0 Å². The van der Waals surface area contributed by atoms with Crippen LogP contribution in [0.2, 0.25) is 0 Å². The van der Waals surface area contributed by atoms with Crippen LogP contribution in [0.5, 0.6) is 0 Å². The fourth-order valence-corrected chi connectivity index (χ4v) is 4.34. The summed E-state index contributed by atoms with van der Waals surface area (Å²) in [5, 5.41) is 17.2. The number of rotatable bonds is 3. The Hall–Kier alpha value is -3.12. The van der Waals surface area contributed by atoms with E-state index in [2.05, 4.69) is 42.6 Å². The number of amides is 1. The number of fused-ring (bicyclic) bond motifs is 2. The molecule has 1 aliphatic carbocycles. The first-order valence-corrected chi connectivity index (χ1v) is 10.0. The van der Waals surface area contributed by atoms with Gasteiger partial charge in [-0.15, -0.1) is 0 Å². The van der Waals surface area contributed by atoms with Crippen molar-refractivity contribution >= 4 is 33.5 Å². The van der Waals surface area contributed by atoms with Crippen LogP contribution >= 0.6 is 0 Å². The summed E-state index contributed by atoms with van der Waals surface area (Å²) in [6.07, 6.45) is 7.28. The third-order valence-corrected chi connectivity index (χ3v) is 5.84. The second-order valence-corrected chi connectivity index (χ2v) is 7.61. The summed E-state index contributed by atoms with van der Waals surface area (Å²) in [5.41, 5.74) is 2.32. The van der Waals surface area contributed by atoms with E-state index in [1.807, 2.05) is 24.3 Å². The molecule has 3 aromatic rings. The fraction of sp³-hybridized carbons (Fsp3) is 0.280. The second kappa shape index (κ2) is 7.86. The molecule has 0 bridgehead atoms. The lowest BCUT2D eigenvalue weighted by molar-refractivity contribution is -0.117. The van der Waals surface area contributed by atoms with Gasteiger partial charge in [0.25, 0.3) is 5.91 Å². The molecule has 1 amide bonds. The minimum Gasteiger partial charge on any atom is -0.349 e. The largest absolute Gasteiger partial charge is 0.349 e. The molecular weight excluding hydrogens is 344 g/mol. The van der Waals surface area contributed by atoms with Crippen LogP contribution in [-0.2, 0) is 4.79 Å². The van der Waals surface area contributed by atoms with E-state index in [-0.39, 0.29) is 17.5 Å². The zero-order valence-electron chi connectivity index (χ0n) is 16.2. The number of benzene rings is 3. The summed E-state index contributed by atoms with van der Waals surface area (Å²) in [4.78, 5) is 12.8. The van der Waals surface area contributed by atoms with E-state index in [1.54, 1.807) is 6.08 Å². The third kappa shape index (κ3) is 3.39. The summed E-state index contributed by atoms with van der Waals surface area (Å²) in [6.45, 7) is 2.12. The van der Waals surface area contributed by atoms with E-state index >= 15 is 0 Å². The molecule has 0 radical (unpaired) electrons. The Bertz CT molecular complexity index is 1060. The van der Waals surface area contributed by atoms with Crippen molar-refractivity contribution in [2.24, 2.45) is 0 Å². The van der Waals surface area contributed by atoms with Crippen LogP contribution in [0.4, 0.5) is 0 Å². The Kier molecular flexibility index (Phi) is 5.12. The van der Waals surface area contributed by atoms with Crippen LogP contribution in [0.15, 0.2) is 54.1 Å². The molecule has 0 heterocycles. The first-order chi connectivity index (χ1) is 13.7. The van der Waals surface area contributed by atoms with Gasteiger partial charge in [0.15, 0.2) is 0 Å². The molecule has 0 unspecified atom stereocenters. The zero-order chi connectivity index (χ0) is 19.5. The topological polar surface area (TPSA) is 52.9 Å². The van der Waals surface area contributed by atoms with Crippen molar-refractivity contribution in [3.8, 4) is 6.07 Å². The standard InChI is InChI=1S/C25H24N2O/c1-17-20-11-5-7-13-22(20)24(23-14-8-6-12-21(17)23)15-18(16-26)25(28)27-19-9-3-2-4-10-19/h5-8,11-15,19H,2-4,9-10H2,1H3,(H,27,28)/b18-15-. The molecule has 1 fully saturated rings. The van der Waals surface area contributed by atoms with Crippen molar-refractivity contribution in [1.82, 2.24) is 5.32 Å². The van der Waals surface area contributed by atoms with Gasteiger partial charge >= 0.3 is 0 Å². The Balaban J connectivity index is 1.83. The Morgan fingerprint density at radius 3 is 2.04 bits per heavy atom. The van der Waals surface area contributed by atoms with Crippen LogP contribution in [0.3, 0.4) is 0 Å². The molecule has 0 aromatic heterocycles. The molecule has 28 heavy (non-hydrogen) atoms. The first-order valence-electron chi connectivity index (χ1n) is 10.0. The molecule has 140 valence electrons. The molecule has 3 heteroatoms. The van der Waals surface area contributed by atoms with Gasteiger partial charge in [0.2, 0.25) is 0 Å². The maximum atomic E-state index is 12.8. The number of aryl methyl sites for hydroxylation is 1. The van der Waals surface area contributed by atoms with Crippen molar-refractivity contribution in [3.05, 3.63) is 65.2 Å². The van der Waals surface area contributed by atoms with E-state index in [4.69, 9.17) is 0 Å². The molecule has 1 saturated carbocycles. The van der Waals surface area contributed by atoms with Crippen molar-refractivity contribution in [2.75, 3.05) is 0 Å². The van der Waals surface area contributed by atoms with Crippen molar-refractivity contribution in [2.45, 2.75) is 45.1 Å². The van der Waals surface area contributed by atoms with Crippen molar-refractivity contribution < 1.29 is 4.79 Å². The molecule has 0 spiro atoms. The number of nitrogens with one attached hydrogen (secondary N) is 1. The van der Waals surface area contributed by atoms with Crippen molar-refractivity contribution in [3.63, 3.8) is 0 Å². The van der Waals surface area contributed by atoms with Crippen LogP contribution < -0.4 is 5.32 Å². The molecule has 4 rings (SSSR count). The number of nitrogens with zero attached hydrogens (tertiary/aromatic N) is 1. The van der Waals surface area contributed by atoms with Gasteiger partial charge in [-0.3, -0.25) is 4.79 Å². The van der Waals surface area contributed by atoms with Gasteiger partial charge in [-0.25, -0.2) is 0 Å². The Morgan fingerprint density at radius 2 is 1.50 bits per heavy atom. The number of hydrogen-bond acceptors (Lipinski definition) is 2. The molecule has 0 aliphatic heterocycles. The van der Waals surface area contributed by atoms with Crippen LogP contribution in [0.25, 0.3) is 27.6 Å². The van der Waals surface area contributed by atoms with Crippen LogP contribution in [0.1, 0.15) is 43.2 Å². The molecule has 1 aliphatic rings. The van der Waals surface area contributed by atoms with Gasteiger partial charge < -0.3 is 5.32 Å². The monoisotopic (exact) mass is 368 g/mol. The van der Waals surface area contributed by atoms with Gasteiger partial charge in [-0.1, -0.05) is 67.8 Å². The van der Waals surface area contributed by atoms with E-state index < -0.39 is 0 Å². The highest BCUT2D eigenvalue weighted by Gasteiger charge is 2.19. The average Bonchev–Trinajstić information content (AvgIpc) is 2.74. The maximum Gasteiger partial charge on any atom is 0.262 e. The molecule has 1 N–H and O–H groups in total. The summed E-state index contributed by atoms with van der Waals surface area (Å²) in [7, 11) is 0. The van der Waals surface area contributed by atoms with Gasteiger partial charge in [0, 0.05) is 6.04 Å². The number of carbonyl (C=O) groups excluding carboxylic acids is 1. The van der Waals surface area contributed by atoms with Crippen molar-refractivity contribution in [1.29, 1.82) is 5.26 Å². The SMILES string of the molecule is Cc1c2ccccc2c(/C=C(/C#N)C(=O)NC2CCCCC2)c2ccccc12. The van der Waals surface area contributed by atoms with Gasteiger partial charge in [-0.2, -0.15) is 5.26 Å². The van der Waals surface area contributed by atoms with Gasteiger partial charge in [0.05, 0.1) is 0 Å². The van der Waals surface area contributed by atoms with E-state index in [0.717, 1.165) is 52.8 Å². The summed E-state index contributed by atoms with van der Waals surface area (Å²) in [6, 6.07) is 18.7. The highest BCUT2D eigenvalue weighted by Crippen LogP contribution is 2.33. The molecule has 3 nitrogen and oxygen atoms in total. The summed E-state index contributed by atoms with van der Waals surface area (Å²) < 4.78 is 0. The molecular formula is C25H24N2O. The maximum absolute atomic E-state index is 12.8. The molecule has 3 aromatic carbocycles. The van der Waals surface area contributed by atoms with Gasteiger partial charge in [0.1, 0.15) is 11.6 Å². The summed E-state index contributed by atoms with van der Waals surface area (Å²) >= 11 is 0. The highest BCUT2D eigenvalue weighted by atomic mass is 16.1. The third-order valence-electron chi connectivity index (χ3n) is 5.84. The molecule has 0 atom stereocenters. The Labute approximate surface area is 165 Å². The zero-order valence-corrected chi connectivity index (χ0v) is 16.2. The predicted molar refractivity (Wildman–Crippen MR) is 115 cm³/mol. The summed E-state index contributed by atoms with van der Waals surface area (Å²) in [5.74, 6) is -0.261. The van der Waals surface area contributed by atoms with Gasteiger partial charge in [-0.05, 0) is 58.5 Å². The smallest absolute Gasteiger partial charge is 0.262 e. The minimum absolute atomic E-state index is 0.171. The lowest BCUT2D eigenvalue weighted by Crippen LogP contribution is -2.36. The predicted octanol–water partition coefficient (Wildman–Crippen LogP) is 5.66. The normalized spacial score (nSPS) is 15.5. The highest BCUT2D eigenvalue weighted by molar-refractivity contribution is 6.12. The lowest BCUT2D eigenvalue weighted by atomic mass is 9.91. The lowest BCUT2D eigenvalue weighted by Gasteiger charge is -2.22. The van der Waals surface area contributed by atoms with E-state index in [1.165, 1.54) is 12.0 Å². The second-order valence-electron chi connectivity index (χ2n) is 7.61.